The van der Waals surface area contributed by atoms with Crippen LogP contribution in [0.2, 0.25) is 0 Å². The molecule has 1 amide bonds. The lowest BCUT2D eigenvalue weighted by molar-refractivity contribution is -0.116. The van der Waals surface area contributed by atoms with E-state index in [0.29, 0.717) is 30.1 Å². The number of anilines is 1. The van der Waals surface area contributed by atoms with Crippen molar-refractivity contribution >= 4 is 17.6 Å². The summed E-state index contributed by atoms with van der Waals surface area (Å²) < 4.78 is 5.10. The Morgan fingerprint density at radius 3 is 2.33 bits per heavy atom. The van der Waals surface area contributed by atoms with Crippen LogP contribution in [0.5, 0.6) is 0 Å². The standard InChI is InChI=1S/C16H24N2O3/c1-11(2)21-16(20)13-5-7-14(8-6-13)18-15(19)9-4-12(3)10-17/h5-8,11-12H,4,9-10,17H2,1-3H3,(H,18,19). The SMILES string of the molecule is CC(CN)CCC(=O)Nc1ccc(C(=O)OC(C)C)cc1. The van der Waals surface area contributed by atoms with Crippen LogP contribution < -0.4 is 11.1 Å². The van der Waals surface area contributed by atoms with Gasteiger partial charge in [-0.15, -0.1) is 0 Å². The lowest BCUT2D eigenvalue weighted by Gasteiger charge is -2.10. The first-order valence-electron chi connectivity index (χ1n) is 7.23. The predicted molar refractivity (Wildman–Crippen MR) is 83.1 cm³/mol. The van der Waals surface area contributed by atoms with Crippen molar-refractivity contribution in [3.05, 3.63) is 29.8 Å². The van der Waals surface area contributed by atoms with E-state index in [9.17, 15) is 9.59 Å². The highest BCUT2D eigenvalue weighted by Crippen LogP contribution is 2.12. The van der Waals surface area contributed by atoms with Crippen LogP contribution in [0.25, 0.3) is 0 Å². The number of nitrogens with two attached hydrogens (primary N) is 1. The Balaban J connectivity index is 2.51. The number of hydrogen-bond acceptors (Lipinski definition) is 4. The molecule has 0 aliphatic rings. The molecule has 0 saturated heterocycles. The summed E-state index contributed by atoms with van der Waals surface area (Å²) in [5.74, 6) is -0.0728. The molecule has 3 N–H and O–H groups in total. The van der Waals surface area contributed by atoms with E-state index >= 15 is 0 Å². The van der Waals surface area contributed by atoms with Crippen LogP contribution >= 0.6 is 0 Å². The number of amides is 1. The lowest BCUT2D eigenvalue weighted by atomic mass is 10.1. The molecule has 1 atom stereocenters. The van der Waals surface area contributed by atoms with Gasteiger partial charge in [-0.1, -0.05) is 6.92 Å². The van der Waals surface area contributed by atoms with Crippen molar-refractivity contribution in [2.45, 2.75) is 39.7 Å². The van der Waals surface area contributed by atoms with Gasteiger partial charge < -0.3 is 15.8 Å². The van der Waals surface area contributed by atoms with Gasteiger partial charge in [0, 0.05) is 12.1 Å². The highest BCUT2D eigenvalue weighted by atomic mass is 16.5. The van der Waals surface area contributed by atoms with Crippen molar-refractivity contribution in [1.29, 1.82) is 0 Å². The minimum atomic E-state index is -0.361. The first kappa shape index (κ1) is 17.2. The molecule has 0 aliphatic heterocycles. The molecule has 0 bridgehead atoms. The second-order valence-electron chi connectivity index (χ2n) is 5.46. The van der Waals surface area contributed by atoms with Crippen molar-refractivity contribution in [2.75, 3.05) is 11.9 Å². The summed E-state index contributed by atoms with van der Waals surface area (Å²) in [5, 5.41) is 2.80. The Labute approximate surface area is 125 Å². The van der Waals surface area contributed by atoms with E-state index in [1.165, 1.54) is 0 Å². The molecule has 0 spiro atoms. The molecule has 1 unspecified atom stereocenters. The second kappa shape index (κ2) is 8.42. The fourth-order valence-corrected chi connectivity index (χ4v) is 1.69. The maximum Gasteiger partial charge on any atom is 0.338 e. The predicted octanol–water partition coefficient (Wildman–Crippen LogP) is 2.57. The summed E-state index contributed by atoms with van der Waals surface area (Å²) in [6.07, 6.45) is 1.05. The van der Waals surface area contributed by atoms with Crippen LogP contribution in [0.1, 0.15) is 44.0 Å². The molecule has 21 heavy (non-hydrogen) atoms. The van der Waals surface area contributed by atoms with Crippen LogP contribution in [0, 0.1) is 5.92 Å². The number of ether oxygens (including phenoxy) is 1. The van der Waals surface area contributed by atoms with Gasteiger partial charge in [0.25, 0.3) is 0 Å². The Morgan fingerprint density at radius 1 is 1.19 bits per heavy atom. The van der Waals surface area contributed by atoms with Gasteiger partial charge in [0.2, 0.25) is 5.91 Å². The average molecular weight is 292 g/mol. The highest BCUT2D eigenvalue weighted by Gasteiger charge is 2.10. The first-order chi connectivity index (χ1) is 9.92. The molecule has 0 fully saturated rings. The van der Waals surface area contributed by atoms with Gasteiger partial charge in [-0.05, 0) is 57.0 Å². The maximum absolute atomic E-state index is 11.8. The highest BCUT2D eigenvalue weighted by molar-refractivity contribution is 5.93. The summed E-state index contributed by atoms with van der Waals surface area (Å²) in [5.41, 5.74) is 6.65. The number of nitrogens with one attached hydrogen (secondary N) is 1. The largest absolute Gasteiger partial charge is 0.459 e. The average Bonchev–Trinajstić information content (AvgIpc) is 2.44. The van der Waals surface area contributed by atoms with Gasteiger partial charge in [-0.2, -0.15) is 0 Å². The Hall–Kier alpha value is -1.88. The summed E-state index contributed by atoms with van der Waals surface area (Å²) in [7, 11) is 0. The Kier molecular flexibility index (Phi) is 6.88. The zero-order valence-corrected chi connectivity index (χ0v) is 12.9. The molecule has 0 saturated carbocycles. The molecule has 1 aromatic rings. The van der Waals surface area contributed by atoms with Gasteiger partial charge >= 0.3 is 5.97 Å². The van der Waals surface area contributed by atoms with Crippen molar-refractivity contribution in [3.63, 3.8) is 0 Å². The normalized spacial score (nSPS) is 12.0. The van der Waals surface area contributed by atoms with Gasteiger partial charge in [-0.3, -0.25) is 4.79 Å². The van der Waals surface area contributed by atoms with Crippen molar-refractivity contribution in [2.24, 2.45) is 11.7 Å². The number of benzene rings is 1. The fraction of sp³-hybridized carbons (Fsp3) is 0.500. The molecular weight excluding hydrogens is 268 g/mol. The van der Waals surface area contributed by atoms with Gasteiger partial charge in [-0.25, -0.2) is 4.79 Å². The van der Waals surface area contributed by atoms with E-state index in [1.807, 2.05) is 6.92 Å². The summed E-state index contributed by atoms with van der Waals surface area (Å²) >= 11 is 0. The molecule has 0 aromatic heterocycles. The van der Waals surface area contributed by atoms with Gasteiger partial charge in [0.15, 0.2) is 0 Å². The lowest BCUT2D eigenvalue weighted by Crippen LogP contribution is -2.16. The fourth-order valence-electron chi connectivity index (χ4n) is 1.69. The molecule has 0 heterocycles. The molecular formula is C16H24N2O3. The Bertz CT molecular complexity index is 469. The topological polar surface area (TPSA) is 81.4 Å². The molecule has 0 radical (unpaired) electrons. The smallest absolute Gasteiger partial charge is 0.338 e. The molecule has 0 aliphatic carbocycles. The maximum atomic E-state index is 11.8. The van der Waals surface area contributed by atoms with Gasteiger partial charge in [0.05, 0.1) is 11.7 Å². The molecule has 116 valence electrons. The van der Waals surface area contributed by atoms with Crippen LogP contribution in [-0.2, 0) is 9.53 Å². The van der Waals surface area contributed by atoms with E-state index < -0.39 is 0 Å². The van der Waals surface area contributed by atoms with E-state index in [1.54, 1.807) is 38.1 Å². The van der Waals surface area contributed by atoms with Crippen LogP contribution in [0.15, 0.2) is 24.3 Å². The van der Waals surface area contributed by atoms with E-state index in [2.05, 4.69) is 5.32 Å². The third kappa shape index (κ3) is 6.40. The molecule has 5 nitrogen and oxygen atoms in total. The molecule has 5 heteroatoms. The third-order valence-electron chi connectivity index (χ3n) is 3.01. The number of carbonyl (C=O) groups is 2. The monoisotopic (exact) mass is 292 g/mol. The molecule has 1 aromatic carbocycles. The van der Waals surface area contributed by atoms with Crippen LogP contribution in [0.4, 0.5) is 5.69 Å². The number of hydrogen-bond donors (Lipinski definition) is 2. The quantitative estimate of drug-likeness (QED) is 0.757. The van der Waals surface area contributed by atoms with Crippen molar-refractivity contribution < 1.29 is 14.3 Å². The number of esters is 1. The number of rotatable bonds is 7. The minimum Gasteiger partial charge on any atom is -0.459 e. The third-order valence-corrected chi connectivity index (χ3v) is 3.01. The van der Waals surface area contributed by atoms with E-state index in [-0.39, 0.29) is 18.0 Å². The van der Waals surface area contributed by atoms with Crippen LogP contribution in [-0.4, -0.2) is 24.5 Å². The summed E-state index contributed by atoms with van der Waals surface area (Å²) in [6, 6.07) is 6.67. The van der Waals surface area contributed by atoms with Crippen molar-refractivity contribution in [3.8, 4) is 0 Å². The second-order valence-corrected chi connectivity index (χ2v) is 5.46. The first-order valence-corrected chi connectivity index (χ1v) is 7.23. The van der Waals surface area contributed by atoms with Crippen LogP contribution in [0.3, 0.4) is 0 Å². The van der Waals surface area contributed by atoms with E-state index in [0.717, 1.165) is 6.42 Å². The Morgan fingerprint density at radius 2 is 1.81 bits per heavy atom. The van der Waals surface area contributed by atoms with Gasteiger partial charge in [0.1, 0.15) is 0 Å². The number of carbonyl (C=O) groups excluding carboxylic acids is 2. The molecule has 1 rings (SSSR count). The summed E-state index contributed by atoms with van der Waals surface area (Å²) in [6.45, 7) is 6.20. The zero-order valence-electron chi connectivity index (χ0n) is 12.9. The zero-order chi connectivity index (χ0) is 15.8. The van der Waals surface area contributed by atoms with Crippen molar-refractivity contribution in [1.82, 2.24) is 0 Å². The summed E-state index contributed by atoms with van der Waals surface area (Å²) in [4.78, 5) is 23.4. The minimum absolute atomic E-state index is 0.0483. The van der Waals surface area contributed by atoms with E-state index in [4.69, 9.17) is 10.5 Å².